The second kappa shape index (κ2) is 7.05. The van der Waals surface area contributed by atoms with E-state index in [9.17, 15) is 14.0 Å². The Morgan fingerprint density at radius 3 is 2.46 bits per heavy atom. The molecule has 7 heteroatoms. The monoisotopic (exact) mass is 353 g/mol. The standard InChI is InChI=1S/C17H17ClFNO4/c1-8-9(2)23-10(3)15(8)17(22)24-11(4)16(21)20-14-6-5-12(18)7-13(14)19/h5-7,11H,1-4H3,(H,20,21)/t11-/m1/s1. The highest BCUT2D eigenvalue weighted by Crippen LogP contribution is 2.23. The number of furan rings is 1. The van der Waals surface area contributed by atoms with Crippen molar-refractivity contribution in [3.63, 3.8) is 0 Å². The summed E-state index contributed by atoms with van der Waals surface area (Å²) in [4.78, 5) is 24.3. The van der Waals surface area contributed by atoms with Crippen molar-refractivity contribution < 1.29 is 23.1 Å². The molecule has 2 aromatic rings. The van der Waals surface area contributed by atoms with Gasteiger partial charge >= 0.3 is 5.97 Å². The number of amides is 1. The lowest BCUT2D eigenvalue weighted by molar-refractivity contribution is -0.123. The summed E-state index contributed by atoms with van der Waals surface area (Å²) in [5.41, 5.74) is 0.914. The van der Waals surface area contributed by atoms with E-state index >= 15 is 0 Å². The minimum absolute atomic E-state index is 0.0428. The van der Waals surface area contributed by atoms with Gasteiger partial charge in [0, 0.05) is 10.6 Å². The smallest absolute Gasteiger partial charge is 0.342 e. The lowest BCUT2D eigenvalue weighted by atomic mass is 10.1. The third kappa shape index (κ3) is 3.76. The van der Waals surface area contributed by atoms with Crippen molar-refractivity contribution in [1.29, 1.82) is 0 Å². The van der Waals surface area contributed by atoms with Gasteiger partial charge in [0.25, 0.3) is 5.91 Å². The van der Waals surface area contributed by atoms with Crippen LogP contribution in [0.2, 0.25) is 5.02 Å². The first-order chi connectivity index (χ1) is 11.2. The average Bonchev–Trinajstić information content (AvgIpc) is 2.74. The van der Waals surface area contributed by atoms with Gasteiger partial charge in [0.15, 0.2) is 6.10 Å². The third-order valence-corrected chi connectivity index (χ3v) is 3.84. The Balaban J connectivity index is 2.07. The molecule has 24 heavy (non-hydrogen) atoms. The van der Waals surface area contributed by atoms with Crippen LogP contribution in [-0.2, 0) is 9.53 Å². The van der Waals surface area contributed by atoms with Crippen LogP contribution < -0.4 is 5.32 Å². The summed E-state index contributed by atoms with van der Waals surface area (Å²) < 4.78 is 24.2. The predicted octanol–water partition coefficient (Wildman–Crippen LogP) is 4.18. The Labute approximate surface area is 143 Å². The van der Waals surface area contributed by atoms with Gasteiger partial charge < -0.3 is 14.5 Å². The fraction of sp³-hybridized carbons (Fsp3) is 0.294. The molecule has 128 valence electrons. The molecule has 1 heterocycles. The SMILES string of the molecule is Cc1oc(C)c(C(=O)O[C@H](C)C(=O)Nc2ccc(Cl)cc2F)c1C. The number of carbonyl (C=O) groups is 2. The fourth-order valence-electron chi connectivity index (χ4n) is 2.19. The first-order valence-corrected chi connectivity index (χ1v) is 7.62. The Bertz CT molecular complexity index is 800. The molecule has 0 aliphatic carbocycles. The maximum Gasteiger partial charge on any atom is 0.342 e. The maximum atomic E-state index is 13.7. The van der Waals surface area contributed by atoms with Crippen molar-refractivity contribution in [3.8, 4) is 0 Å². The fourth-order valence-corrected chi connectivity index (χ4v) is 2.35. The van der Waals surface area contributed by atoms with Gasteiger partial charge in [-0.3, -0.25) is 4.79 Å². The van der Waals surface area contributed by atoms with Crippen LogP contribution >= 0.6 is 11.6 Å². The van der Waals surface area contributed by atoms with E-state index in [4.69, 9.17) is 20.8 Å². The van der Waals surface area contributed by atoms with Gasteiger partial charge in [-0.05, 0) is 45.9 Å². The minimum atomic E-state index is -1.11. The van der Waals surface area contributed by atoms with Gasteiger partial charge in [-0.15, -0.1) is 0 Å². The van der Waals surface area contributed by atoms with Gasteiger partial charge in [-0.2, -0.15) is 0 Å². The number of carbonyl (C=O) groups excluding carboxylic acids is 2. The summed E-state index contributed by atoms with van der Waals surface area (Å²) in [5, 5.41) is 2.57. The molecule has 0 bridgehead atoms. The van der Waals surface area contributed by atoms with Crippen molar-refractivity contribution in [2.75, 3.05) is 5.32 Å². The van der Waals surface area contributed by atoms with Gasteiger partial charge in [-0.25, -0.2) is 9.18 Å². The summed E-state index contributed by atoms with van der Waals surface area (Å²) in [5.74, 6) is -0.959. The van der Waals surface area contributed by atoms with Crippen LogP contribution in [0.3, 0.4) is 0 Å². The molecule has 0 saturated carbocycles. The summed E-state index contributed by atoms with van der Waals surface area (Å²) in [6.45, 7) is 6.51. The molecule has 1 atom stereocenters. The highest BCUT2D eigenvalue weighted by molar-refractivity contribution is 6.30. The van der Waals surface area contributed by atoms with Crippen LogP contribution in [0.4, 0.5) is 10.1 Å². The van der Waals surface area contributed by atoms with Crippen molar-refractivity contribution in [2.45, 2.75) is 33.8 Å². The van der Waals surface area contributed by atoms with E-state index in [0.29, 0.717) is 22.6 Å². The van der Waals surface area contributed by atoms with Gasteiger partial charge in [0.2, 0.25) is 0 Å². The minimum Gasteiger partial charge on any atom is -0.465 e. The first-order valence-electron chi connectivity index (χ1n) is 7.24. The quantitative estimate of drug-likeness (QED) is 0.837. The van der Waals surface area contributed by atoms with Crippen molar-refractivity contribution in [3.05, 3.63) is 51.7 Å². The van der Waals surface area contributed by atoms with E-state index < -0.39 is 23.8 Å². The number of aryl methyl sites for hydroxylation is 2. The molecular formula is C17H17ClFNO4. The molecule has 0 fully saturated rings. The van der Waals surface area contributed by atoms with E-state index in [1.165, 1.54) is 19.1 Å². The number of hydrogen-bond donors (Lipinski definition) is 1. The molecule has 1 aromatic heterocycles. The summed E-state index contributed by atoms with van der Waals surface area (Å²) in [7, 11) is 0. The molecule has 0 spiro atoms. The Hall–Kier alpha value is -2.34. The van der Waals surface area contributed by atoms with Crippen LogP contribution in [0, 0.1) is 26.6 Å². The molecule has 0 unspecified atom stereocenters. The predicted molar refractivity (Wildman–Crippen MR) is 87.8 cm³/mol. The van der Waals surface area contributed by atoms with E-state index in [2.05, 4.69) is 5.32 Å². The molecule has 1 N–H and O–H groups in total. The van der Waals surface area contributed by atoms with Gasteiger partial charge in [0.05, 0.1) is 5.69 Å². The summed E-state index contributed by atoms with van der Waals surface area (Å²) >= 11 is 5.65. The molecular weight excluding hydrogens is 337 g/mol. The van der Waals surface area contributed by atoms with Crippen LogP contribution in [0.1, 0.15) is 34.4 Å². The second-order valence-corrected chi connectivity index (χ2v) is 5.81. The Kier molecular flexibility index (Phi) is 5.29. The van der Waals surface area contributed by atoms with E-state index in [1.807, 2.05) is 0 Å². The van der Waals surface area contributed by atoms with Crippen molar-refractivity contribution in [2.24, 2.45) is 0 Å². The molecule has 1 aromatic carbocycles. The largest absolute Gasteiger partial charge is 0.465 e. The lowest BCUT2D eigenvalue weighted by Gasteiger charge is -2.14. The zero-order chi connectivity index (χ0) is 18.0. The zero-order valence-electron chi connectivity index (χ0n) is 13.7. The maximum absolute atomic E-state index is 13.7. The molecule has 0 saturated heterocycles. The number of benzene rings is 1. The summed E-state index contributed by atoms with van der Waals surface area (Å²) in [6.07, 6.45) is -1.11. The average molecular weight is 354 g/mol. The number of nitrogens with one attached hydrogen (secondary N) is 1. The topological polar surface area (TPSA) is 68.5 Å². The number of esters is 1. The molecule has 2 rings (SSSR count). The lowest BCUT2D eigenvalue weighted by Crippen LogP contribution is -2.30. The van der Waals surface area contributed by atoms with Crippen LogP contribution in [-0.4, -0.2) is 18.0 Å². The van der Waals surface area contributed by atoms with Crippen LogP contribution in [0.25, 0.3) is 0 Å². The Morgan fingerprint density at radius 1 is 1.25 bits per heavy atom. The molecule has 1 amide bonds. The van der Waals surface area contributed by atoms with E-state index in [0.717, 1.165) is 6.07 Å². The normalized spacial score (nSPS) is 11.9. The highest BCUT2D eigenvalue weighted by Gasteiger charge is 2.25. The number of hydrogen-bond acceptors (Lipinski definition) is 4. The van der Waals surface area contributed by atoms with Gasteiger partial charge in [0.1, 0.15) is 22.9 Å². The van der Waals surface area contributed by atoms with Crippen molar-refractivity contribution in [1.82, 2.24) is 0 Å². The first kappa shape index (κ1) is 18.0. The number of ether oxygens (including phenoxy) is 1. The van der Waals surface area contributed by atoms with E-state index in [-0.39, 0.29) is 10.7 Å². The molecule has 0 aliphatic rings. The molecule has 0 aliphatic heterocycles. The summed E-state index contributed by atoms with van der Waals surface area (Å²) in [6, 6.07) is 3.85. The Morgan fingerprint density at radius 2 is 1.92 bits per heavy atom. The van der Waals surface area contributed by atoms with Crippen molar-refractivity contribution >= 4 is 29.2 Å². The zero-order valence-corrected chi connectivity index (χ0v) is 14.5. The molecule has 5 nitrogen and oxygen atoms in total. The third-order valence-electron chi connectivity index (χ3n) is 3.61. The number of rotatable bonds is 4. The second-order valence-electron chi connectivity index (χ2n) is 5.38. The van der Waals surface area contributed by atoms with Gasteiger partial charge in [-0.1, -0.05) is 11.6 Å². The van der Waals surface area contributed by atoms with Crippen LogP contribution in [0.5, 0.6) is 0 Å². The molecule has 0 radical (unpaired) electrons. The van der Waals surface area contributed by atoms with E-state index in [1.54, 1.807) is 20.8 Å². The van der Waals surface area contributed by atoms with Crippen LogP contribution in [0.15, 0.2) is 22.6 Å². The number of anilines is 1. The highest BCUT2D eigenvalue weighted by atomic mass is 35.5. The number of halogens is 2.